The number of nitrogens with zero attached hydrogens (tertiary/aromatic N) is 3. The van der Waals surface area contributed by atoms with Crippen LogP contribution >= 0.6 is 0 Å². The van der Waals surface area contributed by atoms with Gasteiger partial charge in [0.1, 0.15) is 5.82 Å². The molecule has 0 bridgehead atoms. The number of carbonyl (C=O) groups is 1. The Hall–Kier alpha value is -1.73. The van der Waals surface area contributed by atoms with E-state index in [9.17, 15) is 4.79 Å². The second kappa shape index (κ2) is 5.34. The first-order valence-electron chi connectivity index (χ1n) is 6.66. The molecule has 1 spiro atoms. The summed E-state index contributed by atoms with van der Waals surface area (Å²) in [7, 11) is 1.32. The number of carbonyl (C=O) groups excluding carboxylic acids is 1. The topological polar surface area (TPSA) is 73.8 Å². The molecule has 7 nitrogen and oxygen atoms in total. The van der Waals surface area contributed by atoms with E-state index in [4.69, 9.17) is 9.47 Å². The van der Waals surface area contributed by atoms with Crippen molar-refractivity contribution in [3.63, 3.8) is 0 Å². The highest BCUT2D eigenvalue weighted by molar-refractivity contribution is 5.86. The van der Waals surface area contributed by atoms with Crippen molar-refractivity contribution in [3.8, 4) is 0 Å². The molecule has 0 radical (unpaired) electrons. The molecular weight excluding hydrogens is 262 g/mol. The summed E-state index contributed by atoms with van der Waals surface area (Å²) < 4.78 is 16.1. The molecule has 2 aliphatic rings. The first kappa shape index (κ1) is 13.3. The first-order valence-corrected chi connectivity index (χ1v) is 6.66. The van der Waals surface area contributed by atoms with E-state index >= 15 is 0 Å². The van der Waals surface area contributed by atoms with Crippen LogP contribution in [0.1, 0.15) is 23.3 Å². The van der Waals surface area contributed by atoms with Gasteiger partial charge in [0.25, 0.3) is 0 Å². The van der Waals surface area contributed by atoms with Crippen molar-refractivity contribution in [1.29, 1.82) is 0 Å². The van der Waals surface area contributed by atoms with Gasteiger partial charge in [0.05, 0.1) is 39.3 Å². The molecule has 2 aliphatic heterocycles. The van der Waals surface area contributed by atoms with E-state index in [1.54, 1.807) is 6.20 Å². The minimum Gasteiger partial charge on any atom is -0.464 e. The van der Waals surface area contributed by atoms with Crippen molar-refractivity contribution in [3.05, 3.63) is 18.1 Å². The lowest BCUT2D eigenvalue weighted by molar-refractivity contribution is -0.161. The Labute approximate surface area is 116 Å². The summed E-state index contributed by atoms with van der Waals surface area (Å²) in [5.41, 5.74) is 0.205. The normalized spacial score (nSPS) is 21.1. The van der Waals surface area contributed by atoms with Crippen LogP contribution in [0.25, 0.3) is 0 Å². The predicted octanol–water partition coefficient (Wildman–Crippen LogP) is 0.606. The first-order chi connectivity index (χ1) is 9.72. The van der Waals surface area contributed by atoms with E-state index in [0.717, 1.165) is 25.2 Å². The van der Waals surface area contributed by atoms with Crippen LogP contribution in [0.4, 0.5) is 5.82 Å². The number of piperidine rings is 1. The lowest BCUT2D eigenvalue weighted by atomic mass is 10.0. The van der Waals surface area contributed by atoms with Crippen molar-refractivity contribution in [1.82, 2.24) is 9.97 Å². The van der Waals surface area contributed by atoms with Gasteiger partial charge in [0.2, 0.25) is 0 Å². The summed E-state index contributed by atoms with van der Waals surface area (Å²) in [5.74, 6) is -0.265. The number of rotatable bonds is 2. The minimum atomic E-state index is -0.499. The number of methoxy groups -OCH3 is 1. The van der Waals surface area contributed by atoms with Crippen LogP contribution in [0.15, 0.2) is 12.4 Å². The number of aromatic nitrogens is 2. The maximum absolute atomic E-state index is 11.3. The quantitative estimate of drug-likeness (QED) is 0.734. The second-order valence-electron chi connectivity index (χ2n) is 4.88. The summed E-state index contributed by atoms with van der Waals surface area (Å²) >= 11 is 0. The molecule has 1 aromatic rings. The average Bonchev–Trinajstić information content (AvgIpc) is 2.94. The van der Waals surface area contributed by atoms with Crippen LogP contribution in [-0.4, -0.2) is 55.1 Å². The Morgan fingerprint density at radius 1 is 1.35 bits per heavy atom. The molecule has 3 rings (SSSR count). The molecule has 20 heavy (non-hydrogen) atoms. The number of esters is 1. The van der Waals surface area contributed by atoms with Crippen LogP contribution in [-0.2, 0) is 14.2 Å². The fraction of sp³-hybridized carbons (Fsp3) is 0.615. The molecule has 0 unspecified atom stereocenters. The van der Waals surface area contributed by atoms with Crippen molar-refractivity contribution in [2.75, 3.05) is 38.3 Å². The van der Waals surface area contributed by atoms with Crippen LogP contribution in [0.3, 0.4) is 0 Å². The molecule has 3 heterocycles. The molecule has 1 aromatic heterocycles. The van der Waals surface area contributed by atoms with E-state index in [1.165, 1.54) is 13.3 Å². The molecule has 7 heteroatoms. The Morgan fingerprint density at radius 3 is 2.80 bits per heavy atom. The smallest absolute Gasteiger partial charge is 0.358 e. The van der Waals surface area contributed by atoms with Crippen molar-refractivity contribution in [2.24, 2.45) is 0 Å². The van der Waals surface area contributed by atoms with Gasteiger partial charge in [-0.25, -0.2) is 14.8 Å². The Kier molecular flexibility index (Phi) is 3.54. The maximum atomic E-state index is 11.3. The summed E-state index contributed by atoms with van der Waals surface area (Å²) in [4.78, 5) is 21.8. The van der Waals surface area contributed by atoms with Gasteiger partial charge in [-0.05, 0) is 6.42 Å². The molecule has 108 valence electrons. The Balaban J connectivity index is 1.73. The zero-order valence-electron chi connectivity index (χ0n) is 11.4. The van der Waals surface area contributed by atoms with Crippen molar-refractivity contribution < 1.29 is 19.0 Å². The van der Waals surface area contributed by atoms with E-state index in [0.29, 0.717) is 19.8 Å². The van der Waals surface area contributed by atoms with Crippen molar-refractivity contribution in [2.45, 2.75) is 18.6 Å². The number of hydrogen-bond donors (Lipinski definition) is 0. The lowest BCUT2D eigenvalue weighted by Gasteiger charge is -2.38. The fourth-order valence-corrected chi connectivity index (χ4v) is 2.61. The third-order valence-corrected chi connectivity index (χ3v) is 3.59. The molecule has 0 saturated carbocycles. The average molecular weight is 279 g/mol. The Morgan fingerprint density at radius 2 is 2.15 bits per heavy atom. The molecular formula is C13H17N3O4. The second-order valence-corrected chi connectivity index (χ2v) is 4.88. The zero-order chi connectivity index (χ0) is 14.0. The van der Waals surface area contributed by atoms with Gasteiger partial charge in [-0.3, -0.25) is 0 Å². The van der Waals surface area contributed by atoms with Gasteiger partial charge in [-0.15, -0.1) is 0 Å². The monoisotopic (exact) mass is 279 g/mol. The van der Waals surface area contributed by atoms with Gasteiger partial charge in [0, 0.05) is 13.0 Å². The van der Waals surface area contributed by atoms with E-state index < -0.39 is 11.8 Å². The highest BCUT2D eigenvalue weighted by Gasteiger charge is 2.41. The van der Waals surface area contributed by atoms with Crippen molar-refractivity contribution >= 4 is 11.8 Å². The molecule has 0 amide bonds. The van der Waals surface area contributed by atoms with Gasteiger partial charge in [0.15, 0.2) is 11.5 Å². The van der Waals surface area contributed by atoms with Gasteiger partial charge >= 0.3 is 5.97 Å². The number of hydrogen-bond acceptors (Lipinski definition) is 7. The van der Waals surface area contributed by atoms with Gasteiger partial charge in [-0.1, -0.05) is 0 Å². The minimum absolute atomic E-state index is 0.205. The maximum Gasteiger partial charge on any atom is 0.358 e. The molecule has 0 aromatic carbocycles. The molecule has 0 aliphatic carbocycles. The van der Waals surface area contributed by atoms with E-state index in [1.807, 2.05) is 0 Å². The standard InChI is InChI=1S/C13H17N3O4/c1-18-12(17)10-7-15-11(8-14-10)16-4-2-3-13(9-16)19-5-6-20-13/h7-8H,2-6,9H2,1H3. The van der Waals surface area contributed by atoms with E-state index in [-0.39, 0.29) is 5.69 Å². The van der Waals surface area contributed by atoms with Gasteiger partial charge in [-0.2, -0.15) is 0 Å². The van der Waals surface area contributed by atoms with E-state index in [2.05, 4.69) is 19.6 Å². The predicted molar refractivity (Wildman–Crippen MR) is 69.5 cm³/mol. The molecule has 2 fully saturated rings. The summed E-state index contributed by atoms with van der Waals surface area (Å²) in [5, 5.41) is 0. The summed E-state index contributed by atoms with van der Waals surface area (Å²) in [6, 6.07) is 0. The Bertz CT molecular complexity index is 485. The van der Waals surface area contributed by atoms with Crippen LogP contribution in [0.2, 0.25) is 0 Å². The third-order valence-electron chi connectivity index (χ3n) is 3.59. The highest BCUT2D eigenvalue weighted by atomic mass is 16.7. The number of anilines is 1. The summed E-state index contributed by atoms with van der Waals surface area (Å²) in [6.45, 7) is 2.79. The summed E-state index contributed by atoms with van der Waals surface area (Å²) in [6.07, 6.45) is 4.89. The SMILES string of the molecule is COC(=O)c1cnc(N2CCCC3(C2)OCCO3)cn1. The molecule has 0 N–H and O–H groups in total. The zero-order valence-corrected chi connectivity index (χ0v) is 11.4. The number of ether oxygens (including phenoxy) is 3. The highest BCUT2D eigenvalue weighted by Crippen LogP contribution is 2.31. The molecule has 0 atom stereocenters. The van der Waals surface area contributed by atoms with Crippen LogP contribution in [0.5, 0.6) is 0 Å². The molecule has 2 saturated heterocycles. The largest absolute Gasteiger partial charge is 0.464 e. The lowest BCUT2D eigenvalue weighted by Crippen LogP contribution is -2.49. The fourth-order valence-electron chi connectivity index (χ4n) is 2.61. The van der Waals surface area contributed by atoms with Crippen LogP contribution in [0, 0.1) is 0 Å². The van der Waals surface area contributed by atoms with Gasteiger partial charge < -0.3 is 19.1 Å². The van der Waals surface area contributed by atoms with Crippen LogP contribution < -0.4 is 4.90 Å². The third kappa shape index (κ3) is 2.46.